The number of nitro benzene ring substituents is 1. The molecule has 10 heteroatoms. The van der Waals surface area contributed by atoms with Gasteiger partial charge in [0.25, 0.3) is 5.69 Å². The van der Waals surface area contributed by atoms with Crippen molar-refractivity contribution in [2.45, 2.75) is 43.7 Å². The number of hydrogen-bond acceptors (Lipinski definition) is 6. The summed E-state index contributed by atoms with van der Waals surface area (Å²) in [5, 5.41) is 11.1. The van der Waals surface area contributed by atoms with Gasteiger partial charge in [-0.15, -0.1) is 0 Å². The summed E-state index contributed by atoms with van der Waals surface area (Å²) in [6.45, 7) is 5.79. The van der Waals surface area contributed by atoms with Crippen molar-refractivity contribution in [1.82, 2.24) is 9.21 Å². The van der Waals surface area contributed by atoms with Crippen molar-refractivity contribution in [3.8, 4) is 0 Å². The maximum Gasteiger partial charge on any atom is 0.410 e. The van der Waals surface area contributed by atoms with Crippen LogP contribution in [0.5, 0.6) is 0 Å². The van der Waals surface area contributed by atoms with Crippen LogP contribution >= 0.6 is 0 Å². The smallest absolute Gasteiger partial charge is 0.410 e. The molecule has 1 aromatic rings. The van der Waals surface area contributed by atoms with Gasteiger partial charge >= 0.3 is 6.09 Å². The topological polar surface area (TPSA) is 110 Å². The summed E-state index contributed by atoms with van der Waals surface area (Å²) in [5.41, 5.74) is -1.11. The Morgan fingerprint density at radius 1 is 1.35 bits per heavy atom. The first kappa shape index (κ1) is 20.1. The highest BCUT2D eigenvalue weighted by Gasteiger charge is 2.38. The first-order chi connectivity index (χ1) is 11.9. The van der Waals surface area contributed by atoms with E-state index in [-0.39, 0.29) is 11.4 Å². The second-order valence-corrected chi connectivity index (χ2v) is 9.08. The van der Waals surface area contributed by atoms with Crippen LogP contribution in [0.3, 0.4) is 0 Å². The van der Waals surface area contributed by atoms with Crippen molar-refractivity contribution in [3.63, 3.8) is 0 Å². The SMILES string of the molecule is CN([C@H]1CCN(C(=O)OC(C)(C)C)C1)S(=O)(=O)c1ccccc1[N+](=O)[O-]. The number of nitro groups is 1. The van der Waals surface area contributed by atoms with Crippen LogP contribution in [0.1, 0.15) is 27.2 Å². The quantitative estimate of drug-likeness (QED) is 0.580. The number of benzene rings is 1. The van der Waals surface area contributed by atoms with Gasteiger partial charge in [0.1, 0.15) is 5.60 Å². The fraction of sp³-hybridized carbons (Fsp3) is 0.562. The zero-order chi connectivity index (χ0) is 19.7. The summed E-state index contributed by atoms with van der Waals surface area (Å²) in [6, 6.07) is 4.74. The third kappa shape index (κ3) is 4.31. The lowest BCUT2D eigenvalue weighted by molar-refractivity contribution is -0.387. The van der Waals surface area contributed by atoms with Crippen molar-refractivity contribution in [1.29, 1.82) is 0 Å². The number of nitrogens with zero attached hydrogens (tertiary/aromatic N) is 3. The molecule has 1 saturated heterocycles. The number of para-hydroxylation sites is 1. The number of rotatable bonds is 4. The number of hydrogen-bond donors (Lipinski definition) is 0. The van der Waals surface area contributed by atoms with Gasteiger partial charge in [0.2, 0.25) is 10.0 Å². The Kier molecular flexibility index (Phi) is 5.57. The average molecular weight is 385 g/mol. The molecular weight excluding hydrogens is 362 g/mol. The molecule has 1 aliphatic heterocycles. The Labute approximate surface area is 152 Å². The van der Waals surface area contributed by atoms with Gasteiger partial charge in [0, 0.05) is 32.2 Å². The Morgan fingerprint density at radius 3 is 2.54 bits per heavy atom. The van der Waals surface area contributed by atoms with E-state index in [0.29, 0.717) is 13.0 Å². The molecule has 1 amide bonds. The Balaban J connectivity index is 2.18. The standard InChI is InChI=1S/C16H23N3O6S/c1-16(2,3)25-15(20)18-10-9-12(11-18)17(4)26(23,24)14-8-6-5-7-13(14)19(21)22/h5-8,12H,9-11H2,1-4H3/t12-/m0/s1. The predicted octanol–water partition coefficient (Wildman–Crippen LogP) is 2.22. The summed E-state index contributed by atoms with van der Waals surface area (Å²) >= 11 is 0. The zero-order valence-corrected chi connectivity index (χ0v) is 16.0. The number of amides is 1. The van der Waals surface area contributed by atoms with Gasteiger partial charge in [-0.05, 0) is 33.3 Å². The van der Waals surface area contributed by atoms with Crippen molar-refractivity contribution in [2.75, 3.05) is 20.1 Å². The first-order valence-electron chi connectivity index (χ1n) is 8.13. The van der Waals surface area contributed by atoms with Gasteiger partial charge in [0.15, 0.2) is 4.90 Å². The normalized spacial score (nSPS) is 18.2. The Morgan fingerprint density at radius 2 is 1.96 bits per heavy atom. The van der Waals surface area contributed by atoms with E-state index in [0.717, 1.165) is 10.4 Å². The van der Waals surface area contributed by atoms with Crippen LogP contribution in [0.15, 0.2) is 29.2 Å². The molecule has 144 valence electrons. The van der Waals surface area contributed by atoms with Crippen LogP contribution in [0.4, 0.5) is 10.5 Å². The largest absolute Gasteiger partial charge is 0.444 e. The Bertz CT molecular complexity index is 802. The van der Waals surface area contributed by atoms with Crippen LogP contribution in [0, 0.1) is 10.1 Å². The number of carbonyl (C=O) groups excluding carboxylic acids is 1. The van der Waals surface area contributed by atoms with Crippen LogP contribution in [-0.2, 0) is 14.8 Å². The molecule has 0 spiro atoms. The molecule has 1 atom stereocenters. The molecule has 0 unspecified atom stereocenters. The second-order valence-electron chi connectivity index (χ2n) is 7.11. The minimum atomic E-state index is -4.07. The molecule has 9 nitrogen and oxygen atoms in total. The van der Waals surface area contributed by atoms with E-state index in [4.69, 9.17) is 4.74 Å². The van der Waals surface area contributed by atoms with E-state index < -0.39 is 38.4 Å². The lowest BCUT2D eigenvalue weighted by Crippen LogP contribution is -2.41. The van der Waals surface area contributed by atoms with Gasteiger partial charge < -0.3 is 9.64 Å². The summed E-state index contributed by atoms with van der Waals surface area (Å²) in [7, 11) is -2.70. The fourth-order valence-corrected chi connectivity index (χ4v) is 4.24. The minimum Gasteiger partial charge on any atom is -0.444 e. The second kappa shape index (κ2) is 7.20. The zero-order valence-electron chi connectivity index (χ0n) is 15.2. The molecule has 0 bridgehead atoms. The minimum absolute atomic E-state index is 0.172. The monoisotopic (exact) mass is 385 g/mol. The lowest BCUT2D eigenvalue weighted by Gasteiger charge is -2.26. The van der Waals surface area contributed by atoms with E-state index in [1.807, 2.05) is 0 Å². The third-order valence-corrected chi connectivity index (χ3v) is 6.01. The highest BCUT2D eigenvalue weighted by atomic mass is 32.2. The van der Waals surface area contributed by atoms with Gasteiger partial charge in [-0.2, -0.15) is 4.31 Å². The van der Waals surface area contributed by atoms with Gasteiger partial charge in [-0.25, -0.2) is 13.2 Å². The number of sulfonamides is 1. The van der Waals surface area contributed by atoms with Crippen molar-refractivity contribution >= 4 is 21.8 Å². The number of likely N-dealkylation sites (tertiary alicyclic amines) is 1. The van der Waals surface area contributed by atoms with Crippen LogP contribution in [-0.4, -0.2) is 60.4 Å². The molecule has 0 saturated carbocycles. The molecule has 0 aliphatic carbocycles. The van der Waals surface area contributed by atoms with E-state index in [1.54, 1.807) is 20.8 Å². The molecule has 0 N–H and O–H groups in total. The van der Waals surface area contributed by atoms with Gasteiger partial charge in [-0.1, -0.05) is 12.1 Å². The van der Waals surface area contributed by atoms with Crippen LogP contribution in [0.25, 0.3) is 0 Å². The summed E-state index contributed by atoms with van der Waals surface area (Å²) < 4.78 is 32.1. The highest BCUT2D eigenvalue weighted by molar-refractivity contribution is 7.89. The number of ether oxygens (including phenoxy) is 1. The molecular formula is C16H23N3O6S. The number of likely N-dealkylation sites (N-methyl/N-ethyl adjacent to an activating group) is 1. The summed E-state index contributed by atoms with van der Waals surface area (Å²) in [4.78, 5) is 23.6. The Hall–Kier alpha value is -2.20. The molecule has 26 heavy (non-hydrogen) atoms. The molecule has 1 heterocycles. The maximum absolute atomic E-state index is 12.8. The molecule has 1 aliphatic rings. The maximum atomic E-state index is 12.8. The summed E-state index contributed by atoms with van der Waals surface area (Å²) in [6.07, 6.45) is -0.0771. The van der Waals surface area contributed by atoms with Gasteiger partial charge in [-0.3, -0.25) is 10.1 Å². The lowest BCUT2D eigenvalue weighted by atomic mass is 10.2. The predicted molar refractivity (Wildman–Crippen MR) is 94.3 cm³/mol. The van der Waals surface area contributed by atoms with E-state index in [1.165, 1.54) is 30.1 Å². The first-order valence-corrected chi connectivity index (χ1v) is 9.57. The van der Waals surface area contributed by atoms with E-state index >= 15 is 0 Å². The highest BCUT2D eigenvalue weighted by Crippen LogP contribution is 2.29. The molecule has 0 aromatic heterocycles. The van der Waals surface area contributed by atoms with Gasteiger partial charge in [0.05, 0.1) is 4.92 Å². The molecule has 1 fully saturated rings. The third-order valence-electron chi connectivity index (χ3n) is 4.05. The number of carbonyl (C=O) groups is 1. The van der Waals surface area contributed by atoms with Crippen molar-refractivity contribution < 1.29 is 22.9 Å². The van der Waals surface area contributed by atoms with Crippen LogP contribution < -0.4 is 0 Å². The van der Waals surface area contributed by atoms with E-state index in [9.17, 15) is 23.3 Å². The molecule has 2 rings (SSSR count). The fourth-order valence-electron chi connectivity index (χ4n) is 2.71. The molecule has 0 radical (unpaired) electrons. The van der Waals surface area contributed by atoms with Crippen molar-refractivity contribution in [2.24, 2.45) is 0 Å². The summed E-state index contributed by atoms with van der Waals surface area (Å²) in [5.74, 6) is 0. The average Bonchev–Trinajstić information content (AvgIpc) is 3.02. The van der Waals surface area contributed by atoms with E-state index in [2.05, 4.69) is 0 Å². The van der Waals surface area contributed by atoms with Crippen molar-refractivity contribution in [3.05, 3.63) is 34.4 Å². The van der Waals surface area contributed by atoms with Crippen LogP contribution in [0.2, 0.25) is 0 Å². The molecule has 1 aromatic carbocycles.